The second kappa shape index (κ2) is 11.8. The number of hydrogen-bond donors (Lipinski definition) is 0. The number of unbranched alkanes of at least 4 members (excludes halogenated alkanes) is 3. The van der Waals surface area contributed by atoms with Crippen LogP contribution in [-0.2, 0) is 20.7 Å². The first-order valence-corrected chi connectivity index (χ1v) is 9.54. The predicted octanol–water partition coefficient (Wildman–Crippen LogP) is 4.96. The number of ether oxygens (including phenoxy) is 1. The maximum atomic E-state index is 11.4. The second-order valence-electron chi connectivity index (χ2n) is 5.26. The second-order valence-corrected chi connectivity index (χ2v) is 7.18. The van der Waals surface area contributed by atoms with E-state index < -0.39 is 5.97 Å². The lowest BCUT2D eigenvalue weighted by molar-refractivity contribution is -0.142. The molecule has 0 atom stereocenters. The molecular formula is C17H22Cl2O3S. The monoisotopic (exact) mass is 376 g/mol. The Morgan fingerprint density at radius 1 is 1.09 bits per heavy atom. The Morgan fingerprint density at radius 2 is 1.83 bits per heavy atom. The first-order valence-electron chi connectivity index (χ1n) is 7.63. The van der Waals surface area contributed by atoms with Crippen molar-refractivity contribution in [2.24, 2.45) is 0 Å². The van der Waals surface area contributed by atoms with Crippen molar-refractivity contribution in [3.05, 3.63) is 33.8 Å². The van der Waals surface area contributed by atoms with Crippen LogP contribution in [-0.4, -0.2) is 30.4 Å². The Kier molecular flexibility index (Phi) is 10.4. The van der Waals surface area contributed by atoms with Crippen LogP contribution in [0, 0.1) is 0 Å². The molecule has 0 aliphatic rings. The van der Waals surface area contributed by atoms with Gasteiger partial charge in [-0.05, 0) is 42.7 Å². The van der Waals surface area contributed by atoms with Gasteiger partial charge in [0.25, 0.3) is 0 Å². The average Bonchev–Trinajstić information content (AvgIpc) is 2.53. The molecule has 0 heterocycles. The van der Waals surface area contributed by atoms with Crippen LogP contribution in [0.5, 0.6) is 0 Å². The molecule has 0 bridgehead atoms. The molecule has 0 spiro atoms. The van der Waals surface area contributed by atoms with Crippen molar-refractivity contribution in [1.82, 2.24) is 0 Å². The van der Waals surface area contributed by atoms with Gasteiger partial charge in [-0.3, -0.25) is 9.59 Å². The summed E-state index contributed by atoms with van der Waals surface area (Å²) in [5, 5.41) is 1.20. The van der Waals surface area contributed by atoms with Gasteiger partial charge < -0.3 is 4.74 Å². The number of methoxy groups -OCH3 is 1. The molecule has 1 aromatic carbocycles. The van der Waals surface area contributed by atoms with Crippen LogP contribution in [0.15, 0.2) is 18.2 Å². The molecule has 1 rings (SSSR count). The summed E-state index contributed by atoms with van der Waals surface area (Å²) in [4.78, 5) is 22.3. The van der Waals surface area contributed by atoms with E-state index in [-0.39, 0.29) is 12.2 Å². The molecule has 0 N–H and O–H groups in total. The van der Waals surface area contributed by atoms with Crippen LogP contribution in [0.4, 0.5) is 0 Å². The lowest BCUT2D eigenvalue weighted by Gasteiger charge is -2.04. The summed E-state index contributed by atoms with van der Waals surface area (Å²) in [6.45, 7) is 0. The summed E-state index contributed by atoms with van der Waals surface area (Å²) in [5.41, 5.74) is 1.21. The molecule has 0 fully saturated rings. The van der Waals surface area contributed by atoms with Gasteiger partial charge in [-0.2, -0.15) is 11.8 Å². The van der Waals surface area contributed by atoms with Crippen molar-refractivity contribution in [2.75, 3.05) is 18.6 Å². The van der Waals surface area contributed by atoms with Gasteiger partial charge in [0.05, 0.1) is 22.9 Å². The van der Waals surface area contributed by atoms with Gasteiger partial charge in [0.15, 0.2) is 5.78 Å². The predicted molar refractivity (Wildman–Crippen MR) is 97.6 cm³/mol. The lowest BCUT2D eigenvalue weighted by atomic mass is 10.1. The number of ketones is 1. The molecule has 0 saturated carbocycles. The van der Waals surface area contributed by atoms with Gasteiger partial charge in [0.2, 0.25) is 0 Å². The minimum Gasteiger partial charge on any atom is -0.469 e. The van der Waals surface area contributed by atoms with Crippen LogP contribution in [0.1, 0.15) is 37.7 Å². The number of rotatable bonds is 11. The van der Waals surface area contributed by atoms with E-state index in [4.69, 9.17) is 23.2 Å². The Morgan fingerprint density at radius 3 is 2.52 bits per heavy atom. The SMILES string of the molecule is COC(=O)CC(=O)CSCCCCCCc1ccc(Cl)c(Cl)c1. The highest BCUT2D eigenvalue weighted by atomic mass is 35.5. The van der Waals surface area contributed by atoms with Gasteiger partial charge in [-0.25, -0.2) is 0 Å². The van der Waals surface area contributed by atoms with Gasteiger partial charge in [-0.15, -0.1) is 0 Å². The van der Waals surface area contributed by atoms with Gasteiger partial charge in [0.1, 0.15) is 6.42 Å². The third-order valence-corrected chi connectivity index (χ3v) is 5.16. The number of carbonyl (C=O) groups is 2. The summed E-state index contributed by atoms with van der Waals surface area (Å²) in [6.07, 6.45) is 5.37. The zero-order valence-electron chi connectivity index (χ0n) is 13.3. The third-order valence-electron chi connectivity index (χ3n) is 3.32. The normalized spacial score (nSPS) is 10.6. The van der Waals surface area contributed by atoms with Crippen LogP contribution in [0.3, 0.4) is 0 Å². The Labute approximate surface area is 152 Å². The molecule has 1 aromatic rings. The fourth-order valence-corrected chi connectivity index (χ4v) is 3.26. The molecule has 0 aliphatic heterocycles. The highest BCUT2D eigenvalue weighted by Crippen LogP contribution is 2.23. The Balaban J connectivity index is 2.00. The highest BCUT2D eigenvalue weighted by Gasteiger charge is 2.08. The maximum Gasteiger partial charge on any atom is 0.313 e. The summed E-state index contributed by atoms with van der Waals surface area (Å²) in [5.74, 6) is 0.803. The molecule has 0 amide bonds. The number of Topliss-reactive ketones (excluding diaryl/α,β-unsaturated/α-hetero) is 1. The van der Waals surface area contributed by atoms with E-state index in [9.17, 15) is 9.59 Å². The van der Waals surface area contributed by atoms with Crippen LogP contribution in [0.25, 0.3) is 0 Å². The van der Waals surface area contributed by atoms with Crippen molar-refractivity contribution < 1.29 is 14.3 Å². The fourth-order valence-electron chi connectivity index (χ4n) is 2.05. The standard InChI is InChI=1S/C17H22Cl2O3S/c1-22-17(21)11-14(20)12-23-9-5-3-2-4-6-13-7-8-15(18)16(19)10-13/h7-8,10H,2-6,9,11-12H2,1H3. The molecule has 0 aliphatic carbocycles. The van der Waals surface area contributed by atoms with Crippen LogP contribution < -0.4 is 0 Å². The summed E-state index contributed by atoms with van der Waals surface area (Å²) >= 11 is 13.5. The van der Waals surface area contributed by atoms with E-state index in [0.29, 0.717) is 15.8 Å². The van der Waals surface area contributed by atoms with Gasteiger partial charge >= 0.3 is 5.97 Å². The number of aryl methyl sites for hydroxylation is 1. The van der Waals surface area contributed by atoms with E-state index in [1.807, 2.05) is 18.2 Å². The summed E-state index contributed by atoms with van der Waals surface area (Å²) in [6, 6.07) is 5.77. The molecule has 6 heteroatoms. The van der Waals surface area contributed by atoms with Crippen LogP contribution in [0.2, 0.25) is 10.0 Å². The fraction of sp³-hybridized carbons (Fsp3) is 0.529. The van der Waals surface area contributed by atoms with Crippen molar-refractivity contribution in [1.29, 1.82) is 0 Å². The number of halogens is 2. The number of carbonyl (C=O) groups excluding carboxylic acids is 2. The first kappa shape index (κ1) is 20.3. The minimum absolute atomic E-state index is 0.0681. The molecule has 0 aromatic heterocycles. The topological polar surface area (TPSA) is 43.4 Å². The van der Waals surface area contributed by atoms with E-state index in [1.165, 1.54) is 12.7 Å². The van der Waals surface area contributed by atoms with Gasteiger partial charge in [-0.1, -0.05) is 42.1 Å². The molecule has 0 radical (unpaired) electrons. The quantitative estimate of drug-likeness (QED) is 0.311. The van der Waals surface area contributed by atoms with Gasteiger partial charge in [0, 0.05) is 0 Å². The number of thioether (sulfide) groups is 1. The molecule has 3 nitrogen and oxygen atoms in total. The average molecular weight is 377 g/mol. The smallest absolute Gasteiger partial charge is 0.313 e. The molecule has 23 heavy (non-hydrogen) atoms. The molecule has 128 valence electrons. The largest absolute Gasteiger partial charge is 0.469 e. The van der Waals surface area contributed by atoms with Crippen molar-refractivity contribution in [2.45, 2.75) is 38.5 Å². The van der Waals surface area contributed by atoms with E-state index in [0.717, 1.165) is 37.9 Å². The van der Waals surface area contributed by atoms with Crippen molar-refractivity contribution in [3.63, 3.8) is 0 Å². The third kappa shape index (κ3) is 9.23. The molecule has 0 unspecified atom stereocenters. The Bertz CT molecular complexity index is 521. The summed E-state index contributed by atoms with van der Waals surface area (Å²) < 4.78 is 4.46. The Hall–Kier alpha value is -0.710. The number of benzene rings is 1. The van der Waals surface area contributed by atoms with E-state index in [2.05, 4.69) is 4.74 Å². The van der Waals surface area contributed by atoms with E-state index >= 15 is 0 Å². The number of hydrogen-bond acceptors (Lipinski definition) is 4. The zero-order chi connectivity index (χ0) is 17.1. The van der Waals surface area contributed by atoms with E-state index in [1.54, 1.807) is 11.8 Å². The first-order chi connectivity index (χ1) is 11.0. The number of esters is 1. The highest BCUT2D eigenvalue weighted by molar-refractivity contribution is 7.99. The summed E-state index contributed by atoms with van der Waals surface area (Å²) in [7, 11) is 1.29. The lowest BCUT2D eigenvalue weighted by Crippen LogP contribution is -2.11. The molecule has 0 saturated heterocycles. The van der Waals surface area contributed by atoms with Crippen LogP contribution >= 0.6 is 35.0 Å². The molecular weight excluding hydrogens is 355 g/mol. The zero-order valence-corrected chi connectivity index (χ0v) is 15.6. The minimum atomic E-state index is -0.460. The maximum absolute atomic E-state index is 11.4. The van der Waals surface area contributed by atoms with Crippen molar-refractivity contribution in [3.8, 4) is 0 Å². The van der Waals surface area contributed by atoms with Crippen molar-refractivity contribution >= 4 is 46.7 Å².